The molecule has 0 aliphatic carbocycles. The molecule has 1 aliphatic heterocycles. The van der Waals surface area contributed by atoms with Gasteiger partial charge in [-0.05, 0) is 61.0 Å². The minimum atomic E-state index is -0.566. The standard InChI is InChI=1S/C22H26BrN3O5/c1-22(2,3)31-21(29)26-13-11-25(12-14-26)19(27)15-7-5-6-8-16(15)24(4)20(28)17-9-10-18(23)30-17/h5-10H,11-14H2,1-4H3. The Morgan fingerprint density at radius 2 is 1.61 bits per heavy atom. The monoisotopic (exact) mass is 491 g/mol. The number of amides is 3. The van der Waals surface area contributed by atoms with E-state index in [0.29, 0.717) is 42.1 Å². The number of rotatable bonds is 3. The summed E-state index contributed by atoms with van der Waals surface area (Å²) in [5, 5.41) is 0. The second kappa shape index (κ2) is 9.13. The quantitative estimate of drug-likeness (QED) is 0.647. The number of para-hydroxylation sites is 1. The lowest BCUT2D eigenvalue weighted by Gasteiger charge is -2.36. The Morgan fingerprint density at radius 1 is 1.00 bits per heavy atom. The van der Waals surface area contributed by atoms with Gasteiger partial charge in [-0.3, -0.25) is 9.59 Å². The molecule has 0 radical (unpaired) electrons. The van der Waals surface area contributed by atoms with Gasteiger partial charge in [0.25, 0.3) is 11.8 Å². The van der Waals surface area contributed by atoms with Crippen molar-refractivity contribution in [1.29, 1.82) is 0 Å². The van der Waals surface area contributed by atoms with Crippen molar-refractivity contribution in [2.45, 2.75) is 26.4 Å². The second-order valence-electron chi connectivity index (χ2n) is 8.24. The Hall–Kier alpha value is -2.81. The van der Waals surface area contributed by atoms with Gasteiger partial charge < -0.3 is 23.9 Å². The third-order valence-electron chi connectivity index (χ3n) is 4.80. The normalized spacial score (nSPS) is 14.4. The zero-order valence-corrected chi connectivity index (χ0v) is 19.6. The van der Waals surface area contributed by atoms with E-state index in [-0.39, 0.29) is 23.7 Å². The third kappa shape index (κ3) is 5.46. The maximum Gasteiger partial charge on any atom is 0.410 e. The van der Waals surface area contributed by atoms with Gasteiger partial charge in [-0.15, -0.1) is 0 Å². The summed E-state index contributed by atoms with van der Waals surface area (Å²) in [6, 6.07) is 10.2. The molecule has 1 aromatic heterocycles. The van der Waals surface area contributed by atoms with E-state index in [4.69, 9.17) is 9.15 Å². The summed E-state index contributed by atoms with van der Waals surface area (Å²) >= 11 is 3.19. The van der Waals surface area contributed by atoms with Gasteiger partial charge in [0.1, 0.15) is 5.60 Å². The van der Waals surface area contributed by atoms with Crippen molar-refractivity contribution in [3.05, 3.63) is 52.4 Å². The van der Waals surface area contributed by atoms with Gasteiger partial charge in [0.2, 0.25) is 0 Å². The molecule has 1 aliphatic rings. The van der Waals surface area contributed by atoms with Crippen molar-refractivity contribution in [3.8, 4) is 0 Å². The van der Waals surface area contributed by atoms with E-state index in [1.165, 1.54) is 4.90 Å². The van der Waals surface area contributed by atoms with Crippen LogP contribution in [-0.2, 0) is 4.74 Å². The molecule has 2 aromatic rings. The van der Waals surface area contributed by atoms with E-state index < -0.39 is 5.60 Å². The number of benzene rings is 1. The molecule has 0 N–H and O–H groups in total. The molecule has 1 saturated heterocycles. The highest BCUT2D eigenvalue weighted by Crippen LogP contribution is 2.25. The van der Waals surface area contributed by atoms with Gasteiger partial charge in [-0.1, -0.05) is 12.1 Å². The maximum absolute atomic E-state index is 13.2. The molecule has 1 fully saturated rings. The first-order valence-electron chi connectivity index (χ1n) is 9.96. The van der Waals surface area contributed by atoms with Crippen LogP contribution in [0.4, 0.5) is 10.5 Å². The number of ether oxygens (including phenoxy) is 1. The van der Waals surface area contributed by atoms with Crippen LogP contribution < -0.4 is 4.90 Å². The minimum Gasteiger partial charge on any atom is -0.444 e. The molecule has 2 heterocycles. The first-order valence-corrected chi connectivity index (χ1v) is 10.8. The highest BCUT2D eigenvalue weighted by molar-refractivity contribution is 9.10. The smallest absolute Gasteiger partial charge is 0.410 e. The molecule has 166 valence electrons. The Labute approximate surface area is 189 Å². The van der Waals surface area contributed by atoms with Crippen LogP contribution in [0.3, 0.4) is 0 Å². The Balaban J connectivity index is 1.71. The van der Waals surface area contributed by atoms with Gasteiger partial charge in [0.05, 0.1) is 11.3 Å². The van der Waals surface area contributed by atoms with Crippen molar-refractivity contribution in [1.82, 2.24) is 9.80 Å². The van der Waals surface area contributed by atoms with Crippen LogP contribution in [0.25, 0.3) is 0 Å². The number of furan rings is 1. The second-order valence-corrected chi connectivity index (χ2v) is 9.03. The number of piperazine rings is 1. The average Bonchev–Trinajstić information content (AvgIpc) is 3.17. The largest absolute Gasteiger partial charge is 0.444 e. The van der Waals surface area contributed by atoms with Gasteiger partial charge in [-0.2, -0.15) is 0 Å². The van der Waals surface area contributed by atoms with Crippen molar-refractivity contribution in [2.24, 2.45) is 0 Å². The van der Waals surface area contributed by atoms with Gasteiger partial charge in [0, 0.05) is 33.2 Å². The average molecular weight is 492 g/mol. The lowest BCUT2D eigenvalue weighted by Crippen LogP contribution is -2.51. The molecular formula is C22H26BrN3O5. The zero-order valence-electron chi connectivity index (χ0n) is 18.1. The van der Waals surface area contributed by atoms with E-state index in [1.807, 2.05) is 20.8 Å². The van der Waals surface area contributed by atoms with E-state index in [9.17, 15) is 14.4 Å². The van der Waals surface area contributed by atoms with E-state index in [2.05, 4.69) is 15.9 Å². The molecular weight excluding hydrogens is 466 g/mol. The highest BCUT2D eigenvalue weighted by atomic mass is 79.9. The van der Waals surface area contributed by atoms with Crippen molar-refractivity contribution >= 4 is 39.5 Å². The number of carbonyl (C=O) groups is 3. The van der Waals surface area contributed by atoms with Crippen LogP contribution in [0, 0.1) is 0 Å². The minimum absolute atomic E-state index is 0.169. The SMILES string of the molecule is CN(C(=O)c1ccc(Br)o1)c1ccccc1C(=O)N1CCN(C(=O)OC(C)(C)C)CC1. The summed E-state index contributed by atoms with van der Waals surface area (Å²) in [7, 11) is 1.60. The van der Waals surface area contributed by atoms with Gasteiger partial charge in [-0.25, -0.2) is 4.79 Å². The van der Waals surface area contributed by atoms with Gasteiger partial charge in [0.15, 0.2) is 10.4 Å². The van der Waals surface area contributed by atoms with Crippen LogP contribution in [0.1, 0.15) is 41.7 Å². The van der Waals surface area contributed by atoms with E-state index >= 15 is 0 Å². The Bertz CT molecular complexity index is 974. The first-order chi connectivity index (χ1) is 14.6. The van der Waals surface area contributed by atoms with Crippen LogP contribution >= 0.6 is 15.9 Å². The number of anilines is 1. The number of hydrogen-bond acceptors (Lipinski definition) is 5. The molecule has 0 atom stereocenters. The fourth-order valence-corrected chi connectivity index (χ4v) is 3.55. The molecule has 3 amide bonds. The first kappa shape index (κ1) is 22.9. The molecule has 9 heteroatoms. The summed E-state index contributed by atoms with van der Waals surface area (Å²) in [6.07, 6.45) is -0.380. The van der Waals surface area contributed by atoms with Crippen molar-refractivity contribution in [3.63, 3.8) is 0 Å². The third-order valence-corrected chi connectivity index (χ3v) is 5.23. The van der Waals surface area contributed by atoms with Crippen LogP contribution in [0.2, 0.25) is 0 Å². The topological polar surface area (TPSA) is 83.3 Å². The molecule has 3 rings (SSSR count). The molecule has 8 nitrogen and oxygen atoms in total. The fraction of sp³-hybridized carbons (Fsp3) is 0.409. The number of halogens is 1. The maximum atomic E-state index is 13.2. The molecule has 0 spiro atoms. The summed E-state index contributed by atoms with van der Waals surface area (Å²) in [5.74, 6) is -0.386. The summed E-state index contributed by atoms with van der Waals surface area (Å²) < 4.78 is 11.2. The van der Waals surface area contributed by atoms with Crippen molar-refractivity contribution in [2.75, 3.05) is 38.1 Å². The van der Waals surface area contributed by atoms with E-state index in [0.717, 1.165) is 0 Å². The van der Waals surface area contributed by atoms with Crippen LogP contribution in [0.15, 0.2) is 45.5 Å². The summed E-state index contributed by atoms with van der Waals surface area (Å²) in [5.41, 5.74) is 0.332. The fourth-order valence-electron chi connectivity index (χ4n) is 3.24. The molecule has 0 bridgehead atoms. The Morgan fingerprint density at radius 3 is 2.19 bits per heavy atom. The predicted octanol–water partition coefficient (Wildman–Crippen LogP) is 4.01. The summed E-state index contributed by atoms with van der Waals surface area (Å²) in [6.45, 7) is 7.00. The number of nitrogens with zero attached hydrogens (tertiary/aromatic N) is 3. The molecule has 1 aromatic carbocycles. The van der Waals surface area contributed by atoms with Crippen LogP contribution in [0.5, 0.6) is 0 Å². The predicted molar refractivity (Wildman–Crippen MR) is 119 cm³/mol. The van der Waals surface area contributed by atoms with Crippen LogP contribution in [-0.4, -0.2) is 66.5 Å². The molecule has 0 saturated carbocycles. The number of hydrogen-bond donors (Lipinski definition) is 0. The van der Waals surface area contributed by atoms with Gasteiger partial charge >= 0.3 is 6.09 Å². The summed E-state index contributed by atoms with van der Waals surface area (Å²) in [4.78, 5) is 42.9. The molecule has 0 unspecified atom stereocenters. The zero-order chi connectivity index (χ0) is 22.8. The van der Waals surface area contributed by atoms with Crippen molar-refractivity contribution < 1.29 is 23.5 Å². The molecule has 31 heavy (non-hydrogen) atoms. The van der Waals surface area contributed by atoms with E-state index in [1.54, 1.807) is 53.2 Å². The number of carbonyl (C=O) groups excluding carboxylic acids is 3. The highest BCUT2D eigenvalue weighted by Gasteiger charge is 2.30. The Kier molecular flexibility index (Phi) is 6.74. The lowest BCUT2D eigenvalue weighted by atomic mass is 10.1. The lowest BCUT2D eigenvalue weighted by molar-refractivity contribution is 0.0141.